The molecule has 0 aliphatic carbocycles. The Hall–Kier alpha value is -1.15. The van der Waals surface area contributed by atoms with E-state index in [1.54, 1.807) is 0 Å². The third kappa shape index (κ3) is 2.80. The van der Waals surface area contributed by atoms with E-state index in [4.69, 9.17) is 5.73 Å². The van der Waals surface area contributed by atoms with Crippen LogP contribution in [0.1, 0.15) is 12.0 Å². The number of rotatable bonds is 2. The maximum atomic E-state index is 13.9. The second-order valence-corrected chi connectivity index (χ2v) is 5.45. The molecule has 110 valence electrons. The summed E-state index contributed by atoms with van der Waals surface area (Å²) in [5, 5.41) is 0. The molecule has 1 heterocycles. The summed E-state index contributed by atoms with van der Waals surface area (Å²) in [5.41, 5.74) is 4.06. The molecule has 1 fully saturated rings. The minimum atomic E-state index is -4.63. The van der Waals surface area contributed by atoms with Crippen molar-refractivity contribution < 1.29 is 22.4 Å². The smallest absolute Gasteiger partial charge is 0.330 e. The van der Waals surface area contributed by atoms with Crippen molar-refractivity contribution in [3.05, 3.63) is 28.0 Å². The van der Waals surface area contributed by atoms with Gasteiger partial charge in [-0.25, -0.2) is 4.39 Å². The van der Waals surface area contributed by atoms with Crippen LogP contribution < -0.4 is 10.6 Å². The number of carbonyl (C=O) groups is 1. The lowest BCUT2D eigenvalue weighted by molar-refractivity contribution is -0.138. The van der Waals surface area contributed by atoms with Gasteiger partial charge in [0.25, 0.3) is 0 Å². The fraction of sp³-hybridized carbons (Fsp3) is 0.417. The quantitative estimate of drug-likeness (QED) is 0.830. The summed E-state index contributed by atoms with van der Waals surface area (Å²) in [5.74, 6) is -1.47. The Balaban J connectivity index is 2.45. The Morgan fingerprint density at radius 3 is 2.55 bits per heavy atom. The van der Waals surface area contributed by atoms with Gasteiger partial charge in [0, 0.05) is 17.4 Å². The maximum absolute atomic E-state index is 13.9. The van der Waals surface area contributed by atoms with Crippen molar-refractivity contribution in [2.75, 3.05) is 18.0 Å². The molecule has 1 aromatic rings. The highest BCUT2D eigenvalue weighted by Gasteiger charge is 2.37. The van der Waals surface area contributed by atoms with Gasteiger partial charge in [-0.05, 0) is 24.6 Å². The molecule has 0 radical (unpaired) electrons. The Bertz CT molecular complexity index is 547. The number of hydrogen-bond acceptors (Lipinski definition) is 2. The summed E-state index contributed by atoms with van der Waals surface area (Å²) in [4.78, 5) is 12.8. The molecule has 1 saturated heterocycles. The number of anilines is 1. The number of halogens is 5. The van der Waals surface area contributed by atoms with Gasteiger partial charge >= 0.3 is 6.18 Å². The van der Waals surface area contributed by atoms with E-state index in [1.165, 1.54) is 0 Å². The van der Waals surface area contributed by atoms with Crippen molar-refractivity contribution in [3.63, 3.8) is 0 Å². The number of alkyl halides is 3. The fourth-order valence-electron chi connectivity index (χ4n) is 2.13. The van der Waals surface area contributed by atoms with Crippen LogP contribution in [-0.4, -0.2) is 19.0 Å². The molecule has 0 saturated carbocycles. The maximum Gasteiger partial charge on any atom is 0.417 e. The first-order chi connectivity index (χ1) is 9.24. The Kier molecular flexibility index (Phi) is 4.06. The normalized spacial score (nSPS) is 19.8. The lowest BCUT2D eigenvalue weighted by Gasteiger charge is -2.20. The van der Waals surface area contributed by atoms with Crippen LogP contribution in [0.15, 0.2) is 16.6 Å². The molecule has 20 heavy (non-hydrogen) atoms. The third-order valence-electron chi connectivity index (χ3n) is 3.17. The average molecular weight is 355 g/mol. The zero-order valence-electron chi connectivity index (χ0n) is 10.2. The summed E-state index contributed by atoms with van der Waals surface area (Å²) >= 11 is 2.68. The first kappa shape index (κ1) is 15.2. The van der Waals surface area contributed by atoms with E-state index in [9.17, 15) is 22.4 Å². The predicted molar refractivity (Wildman–Crippen MR) is 68.6 cm³/mol. The number of nitrogens with two attached hydrogens (primary N) is 1. The highest BCUT2D eigenvalue weighted by molar-refractivity contribution is 9.10. The second-order valence-electron chi connectivity index (χ2n) is 4.59. The Morgan fingerprint density at radius 2 is 2.05 bits per heavy atom. The molecule has 0 bridgehead atoms. The van der Waals surface area contributed by atoms with E-state index in [2.05, 4.69) is 15.9 Å². The van der Waals surface area contributed by atoms with Crippen LogP contribution in [-0.2, 0) is 11.0 Å². The van der Waals surface area contributed by atoms with Gasteiger partial charge < -0.3 is 10.6 Å². The van der Waals surface area contributed by atoms with Crippen molar-refractivity contribution in [2.45, 2.75) is 12.6 Å². The molecule has 3 nitrogen and oxygen atoms in total. The van der Waals surface area contributed by atoms with Crippen LogP contribution in [0.25, 0.3) is 0 Å². The van der Waals surface area contributed by atoms with E-state index < -0.39 is 27.9 Å². The zero-order valence-corrected chi connectivity index (χ0v) is 11.8. The van der Waals surface area contributed by atoms with E-state index in [1.807, 2.05) is 0 Å². The van der Waals surface area contributed by atoms with E-state index >= 15 is 0 Å². The lowest BCUT2D eigenvalue weighted by atomic mass is 10.1. The van der Waals surface area contributed by atoms with E-state index in [-0.39, 0.29) is 31.1 Å². The van der Waals surface area contributed by atoms with Gasteiger partial charge in [0.2, 0.25) is 5.91 Å². The van der Waals surface area contributed by atoms with E-state index in [0.29, 0.717) is 6.07 Å². The van der Waals surface area contributed by atoms with Gasteiger partial charge in [-0.1, -0.05) is 15.9 Å². The SMILES string of the molecule is NCC1CC(=O)N(c2cc(C(F)(F)F)c(Br)cc2F)C1. The molecule has 0 aromatic heterocycles. The number of hydrogen-bond donors (Lipinski definition) is 1. The topological polar surface area (TPSA) is 46.3 Å². The van der Waals surface area contributed by atoms with Crippen molar-refractivity contribution in [1.29, 1.82) is 0 Å². The number of nitrogens with zero attached hydrogens (tertiary/aromatic N) is 1. The first-order valence-electron chi connectivity index (χ1n) is 5.80. The highest BCUT2D eigenvalue weighted by atomic mass is 79.9. The van der Waals surface area contributed by atoms with Crippen LogP contribution in [0.3, 0.4) is 0 Å². The Labute approximate surface area is 120 Å². The Morgan fingerprint density at radius 1 is 1.40 bits per heavy atom. The summed E-state index contributed by atoms with van der Waals surface area (Å²) in [6.45, 7) is 0.359. The summed E-state index contributed by atoms with van der Waals surface area (Å²) < 4.78 is 51.9. The van der Waals surface area contributed by atoms with Gasteiger partial charge in [-0.2, -0.15) is 13.2 Å². The second kappa shape index (κ2) is 5.33. The van der Waals surface area contributed by atoms with Crippen molar-refractivity contribution >= 4 is 27.5 Å². The van der Waals surface area contributed by atoms with Crippen LogP contribution in [0.5, 0.6) is 0 Å². The van der Waals surface area contributed by atoms with Crippen molar-refractivity contribution in [2.24, 2.45) is 11.7 Å². The fourth-order valence-corrected chi connectivity index (χ4v) is 2.67. The van der Waals surface area contributed by atoms with Crippen LogP contribution >= 0.6 is 15.9 Å². The highest BCUT2D eigenvalue weighted by Crippen LogP contribution is 2.39. The van der Waals surface area contributed by atoms with Gasteiger partial charge in [0.05, 0.1) is 11.3 Å². The molecule has 1 unspecified atom stereocenters. The summed E-state index contributed by atoms with van der Waals surface area (Å²) in [6.07, 6.45) is -4.51. The molecule has 2 rings (SSSR count). The standard InChI is InChI=1S/C12H11BrF4N2O/c13-8-3-9(14)10(2-7(8)12(15,16)17)19-5-6(4-18)1-11(19)20/h2-3,6H,1,4-5,18H2. The van der Waals surface area contributed by atoms with Crippen LogP contribution in [0, 0.1) is 11.7 Å². The monoisotopic (exact) mass is 354 g/mol. The molecule has 1 aliphatic heterocycles. The number of carbonyl (C=O) groups excluding carboxylic acids is 1. The molecule has 0 spiro atoms. The minimum Gasteiger partial charge on any atom is -0.330 e. The largest absolute Gasteiger partial charge is 0.417 e. The first-order valence-corrected chi connectivity index (χ1v) is 6.60. The zero-order chi connectivity index (χ0) is 15.1. The van der Waals surface area contributed by atoms with Crippen LogP contribution in [0.4, 0.5) is 23.2 Å². The molecule has 1 amide bonds. The van der Waals surface area contributed by atoms with Crippen molar-refractivity contribution in [3.8, 4) is 0 Å². The van der Waals surface area contributed by atoms with Crippen molar-refractivity contribution in [1.82, 2.24) is 0 Å². The van der Waals surface area contributed by atoms with Gasteiger partial charge in [0.1, 0.15) is 5.82 Å². The molecular weight excluding hydrogens is 344 g/mol. The number of benzene rings is 1. The van der Waals surface area contributed by atoms with Gasteiger partial charge in [0.15, 0.2) is 0 Å². The minimum absolute atomic E-state index is 0.118. The third-order valence-corrected chi connectivity index (χ3v) is 3.83. The lowest BCUT2D eigenvalue weighted by Crippen LogP contribution is -2.27. The molecule has 8 heteroatoms. The number of amides is 1. The molecule has 1 aromatic carbocycles. The van der Waals surface area contributed by atoms with Gasteiger partial charge in [-0.15, -0.1) is 0 Å². The summed E-state index contributed by atoms with van der Waals surface area (Å²) in [7, 11) is 0. The predicted octanol–water partition coefficient (Wildman–Crippen LogP) is 2.92. The summed E-state index contributed by atoms with van der Waals surface area (Å²) in [6, 6.07) is 1.37. The molecular formula is C12H11BrF4N2O. The molecule has 2 N–H and O–H groups in total. The van der Waals surface area contributed by atoms with Gasteiger partial charge in [-0.3, -0.25) is 4.79 Å². The molecule has 1 atom stereocenters. The average Bonchev–Trinajstić information content (AvgIpc) is 2.69. The molecule has 1 aliphatic rings. The van der Waals surface area contributed by atoms with E-state index in [0.717, 1.165) is 11.0 Å². The van der Waals surface area contributed by atoms with Crippen LogP contribution in [0.2, 0.25) is 0 Å².